The molecule has 2 aliphatic carbocycles. The zero-order chi connectivity index (χ0) is 19.2. The fraction of sp³-hybridized carbons (Fsp3) is 0.500. The van der Waals surface area contributed by atoms with Gasteiger partial charge in [-0.1, -0.05) is 26.8 Å². The second-order valence-corrected chi connectivity index (χ2v) is 9.61. The average Bonchev–Trinajstić information content (AvgIpc) is 3.18. The molecule has 2 aromatic rings. The summed E-state index contributed by atoms with van der Waals surface area (Å²) < 4.78 is 5.53. The lowest BCUT2D eigenvalue weighted by atomic mass is 9.69. The first-order valence-corrected chi connectivity index (χ1v) is 10.6. The normalized spacial score (nSPS) is 25.4. The number of allylic oxidation sites excluding steroid dienone is 2. The number of fused-ring (bicyclic) bond motifs is 2. The van der Waals surface area contributed by atoms with Gasteiger partial charge in [0.1, 0.15) is 5.75 Å². The highest BCUT2D eigenvalue weighted by atomic mass is 32.1. The number of benzene rings is 1. The topological polar surface area (TPSA) is 46.2 Å². The Labute approximate surface area is 166 Å². The second kappa shape index (κ2) is 6.55. The number of thiazole rings is 1. The monoisotopic (exact) mass is 383 g/mol. The first-order valence-electron chi connectivity index (χ1n) is 9.80. The summed E-state index contributed by atoms with van der Waals surface area (Å²) in [5.41, 5.74) is 10.8. The van der Waals surface area contributed by atoms with Gasteiger partial charge in [-0.2, -0.15) is 0 Å². The van der Waals surface area contributed by atoms with Crippen molar-refractivity contribution in [3.05, 3.63) is 40.9 Å². The number of nitrogens with zero attached hydrogens (tertiary/aromatic N) is 1. The van der Waals surface area contributed by atoms with Gasteiger partial charge in [0.15, 0.2) is 0 Å². The molecule has 1 heterocycles. The van der Waals surface area contributed by atoms with Crippen LogP contribution < -0.4 is 15.6 Å². The van der Waals surface area contributed by atoms with E-state index < -0.39 is 0 Å². The fourth-order valence-electron chi connectivity index (χ4n) is 4.59. The molecule has 5 heteroatoms. The molecule has 2 N–H and O–H groups in total. The summed E-state index contributed by atoms with van der Waals surface area (Å²) in [5, 5.41) is 0.904. The van der Waals surface area contributed by atoms with E-state index in [0.29, 0.717) is 17.9 Å². The van der Waals surface area contributed by atoms with Crippen LogP contribution in [0.2, 0.25) is 0 Å². The van der Waals surface area contributed by atoms with Crippen LogP contribution in [0, 0.1) is 23.7 Å². The smallest absolute Gasteiger partial charge is 0.202 e. The van der Waals surface area contributed by atoms with E-state index in [2.05, 4.69) is 56.8 Å². The number of hydrazine groups is 1. The fourth-order valence-corrected chi connectivity index (χ4v) is 5.38. The third-order valence-corrected chi connectivity index (χ3v) is 7.69. The lowest BCUT2D eigenvalue weighted by Crippen LogP contribution is -2.37. The van der Waals surface area contributed by atoms with Crippen LogP contribution in [-0.2, 0) is 0 Å². The second-order valence-electron chi connectivity index (χ2n) is 8.41. The van der Waals surface area contributed by atoms with E-state index in [0.717, 1.165) is 22.1 Å². The van der Waals surface area contributed by atoms with Crippen LogP contribution in [0.25, 0.3) is 11.3 Å². The molecule has 2 bridgehead atoms. The predicted molar refractivity (Wildman–Crippen MR) is 113 cm³/mol. The zero-order valence-corrected chi connectivity index (χ0v) is 17.7. The van der Waals surface area contributed by atoms with Crippen LogP contribution >= 0.6 is 11.3 Å². The largest absolute Gasteiger partial charge is 0.494 e. The molecule has 0 radical (unpaired) electrons. The summed E-state index contributed by atoms with van der Waals surface area (Å²) in [6.45, 7) is 12.0. The summed E-state index contributed by atoms with van der Waals surface area (Å²) in [6.07, 6.45) is 4.97. The number of aryl methyl sites for hydroxylation is 1. The molecular formula is C22H29N3OS. The maximum atomic E-state index is 5.53. The Bertz CT molecular complexity index is 868. The highest BCUT2D eigenvalue weighted by molar-refractivity contribution is 7.15. The van der Waals surface area contributed by atoms with Crippen molar-refractivity contribution in [1.29, 1.82) is 0 Å². The Hall–Kier alpha value is -2.01. The third kappa shape index (κ3) is 2.92. The van der Waals surface area contributed by atoms with Crippen LogP contribution in [0.4, 0.5) is 5.13 Å². The molecule has 144 valence electrons. The van der Waals surface area contributed by atoms with Crippen molar-refractivity contribution < 1.29 is 4.74 Å². The van der Waals surface area contributed by atoms with Gasteiger partial charge in [-0.3, -0.25) is 5.43 Å². The quantitative estimate of drug-likeness (QED) is 0.621. The maximum Gasteiger partial charge on any atom is 0.202 e. The van der Waals surface area contributed by atoms with Gasteiger partial charge < -0.3 is 10.2 Å². The van der Waals surface area contributed by atoms with E-state index in [1.54, 1.807) is 11.3 Å². The van der Waals surface area contributed by atoms with E-state index in [4.69, 9.17) is 9.72 Å². The minimum Gasteiger partial charge on any atom is -0.494 e. The highest BCUT2D eigenvalue weighted by Crippen LogP contribution is 2.64. The summed E-state index contributed by atoms with van der Waals surface area (Å²) >= 11 is 1.68. The van der Waals surface area contributed by atoms with E-state index in [-0.39, 0.29) is 5.41 Å². The van der Waals surface area contributed by atoms with Crippen molar-refractivity contribution in [2.24, 2.45) is 16.7 Å². The number of aromatic nitrogens is 1. The Morgan fingerprint density at radius 3 is 2.52 bits per heavy atom. The van der Waals surface area contributed by atoms with Crippen LogP contribution in [0.3, 0.4) is 0 Å². The Morgan fingerprint density at radius 1 is 1.19 bits per heavy atom. The molecule has 2 aliphatic rings. The number of ether oxygens (including phenoxy) is 1. The van der Waals surface area contributed by atoms with E-state index in [1.807, 2.05) is 19.1 Å². The Balaban J connectivity index is 1.47. The van der Waals surface area contributed by atoms with Crippen LogP contribution in [0.5, 0.6) is 5.75 Å². The van der Waals surface area contributed by atoms with E-state index in [9.17, 15) is 0 Å². The van der Waals surface area contributed by atoms with Gasteiger partial charge >= 0.3 is 0 Å². The van der Waals surface area contributed by atoms with Gasteiger partial charge in [0, 0.05) is 21.6 Å². The van der Waals surface area contributed by atoms with Crippen molar-refractivity contribution in [2.75, 3.05) is 12.0 Å². The number of hydrogen-bond acceptors (Lipinski definition) is 5. The summed E-state index contributed by atoms with van der Waals surface area (Å²) in [4.78, 5) is 6.02. The van der Waals surface area contributed by atoms with Crippen molar-refractivity contribution in [3.63, 3.8) is 0 Å². The minimum absolute atomic E-state index is 0.217. The lowest BCUT2D eigenvalue weighted by molar-refractivity contribution is 0.165. The lowest BCUT2D eigenvalue weighted by Gasteiger charge is -2.37. The molecule has 0 amide bonds. The first-order chi connectivity index (χ1) is 12.8. The van der Waals surface area contributed by atoms with Gasteiger partial charge in [-0.25, -0.2) is 4.98 Å². The van der Waals surface area contributed by atoms with Crippen molar-refractivity contribution in [3.8, 4) is 17.0 Å². The molecule has 4 rings (SSSR count). The highest BCUT2D eigenvalue weighted by Gasteiger charge is 2.57. The summed E-state index contributed by atoms with van der Waals surface area (Å²) in [5.74, 6) is 1.57. The molecular weight excluding hydrogens is 354 g/mol. The van der Waals surface area contributed by atoms with Crippen molar-refractivity contribution >= 4 is 16.5 Å². The van der Waals surface area contributed by atoms with Gasteiger partial charge in [-0.15, -0.1) is 11.3 Å². The van der Waals surface area contributed by atoms with Gasteiger partial charge in [0.2, 0.25) is 5.13 Å². The summed E-state index contributed by atoms with van der Waals surface area (Å²) in [6, 6.07) is 8.16. The van der Waals surface area contributed by atoms with Gasteiger partial charge in [0.05, 0.1) is 12.3 Å². The molecule has 1 aromatic carbocycles. The maximum absolute atomic E-state index is 5.53. The third-order valence-electron chi connectivity index (χ3n) is 6.81. The molecule has 0 spiro atoms. The molecule has 2 atom stereocenters. The van der Waals surface area contributed by atoms with Crippen LogP contribution in [0.1, 0.15) is 45.4 Å². The molecule has 1 aromatic heterocycles. The first kappa shape index (κ1) is 18.4. The molecule has 0 aliphatic heterocycles. The summed E-state index contributed by atoms with van der Waals surface area (Å²) in [7, 11) is 0. The van der Waals surface area contributed by atoms with Crippen LogP contribution in [-0.4, -0.2) is 11.6 Å². The van der Waals surface area contributed by atoms with Crippen molar-refractivity contribution in [1.82, 2.24) is 10.4 Å². The van der Waals surface area contributed by atoms with E-state index >= 15 is 0 Å². The van der Waals surface area contributed by atoms with E-state index in [1.165, 1.54) is 23.4 Å². The standard InChI is InChI=1S/C22H29N3OS/c1-6-26-17-9-7-15(8-10-17)19-14(2)27-20(23-19)25-24-18-13-16-11-12-22(18,5)21(16,3)4/h7-10,13,16,24H,6,11-12H2,1-5H3,(H,23,25)/t16-,22+/m0/s1. The predicted octanol–water partition coefficient (Wildman–Crippen LogP) is 5.77. The SMILES string of the molecule is CCOc1ccc(-c2nc(NNC3=C[C@@H]4CC[C@@]3(C)C4(C)C)sc2C)cc1. The molecule has 1 fully saturated rings. The molecule has 1 saturated carbocycles. The number of rotatable bonds is 6. The van der Waals surface area contributed by atoms with Crippen molar-refractivity contribution in [2.45, 2.75) is 47.5 Å². The Kier molecular flexibility index (Phi) is 4.46. The Morgan fingerprint density at radius 2 is 1.93 bits per heavy atom. The van der Waals surface area contributed by atoms with Crippen LogP contribution in [0.15, 0.2) is 36.0 Å². The molecule has 4 nitrogen and oxygen atoms in total. The zero-order valence-electron chi connectivity index (χ0n) is 16.8. The number of hydrogen-bond donors (Lipinski definition) is 2. The number of anilines is 1. The average molecular weight is 384 g/mol. The molecule has 0 unspecified atom stereocenters. The van der Waals surface area contributed by atoms with Gasteiger partial charge in [0.25, 0.3) is 0 Å². The molecule has 27 heavy (non-hydrogen) atoms. The molecule has 0 saturated heterocycles. The number of nitrogens with one attached hydrogen (secondary N) is 2. The van der Waals surface area contributed by atoms with Gasteiger partial charge in [-0.05, 0) is 62.3 Å². The minimum atomic E-state index is 0.217.